The van der Waals surface area contributed by atoms with Gasteiger partial charge < -0.3 is 0 Å². The lowest BCUT2D eigenvalue weighted by Crippen LogP contribution is -2.59. The third-order valence-electron chi connectivity index (χ3n) is 5.01. The second-order valence-corrected chi connectivity index (χ2v) is 7.98. The summed E-state index contributed by atoms with van der Waals surface area (Å²) in [7, 11) is 0. The summed E-state index contributed by atoms with van der Waals surface area (Å²) in [5.74, 6) is 0.445. The van der Waals surface area contributed by atoms with Crippen LogP contribution in [0.25, 0.3) is 10.2 Å². The second-order valence-electron chi connectivity index (χ2n) is 6.97. The fourth-order valence-electron chi connectivity index (χ4n) is 3.53. The highest BCUT2D eigenvalue weighted by molar-refractivity contribution is 7.22. The SMILES string of the molecule is CCC1N(c2ccc(F)cc2)N=C(c2ccccc2)NN1c1nc2ccccc2s1. The van der Waals surface area contributed by atoms with E-state index in [2.05, 4.69) is 23.4 Å². The zero-order valence-electron chi connectivity index (χ0n) is 16.4. The van der Waals surface area contributed by atoms with Crippen LogP contribution in [-0.4, -0.2) is 17.0 Å². The van der Waals surface area contributed by atoms with Crippen molar-refractivity contribution in [3.63, 3.8) is 0 Å². The number of nitrogens with one attached hydrogen (secondary N) is 1. The maximum atomic E-state index is 13.5. The van der Waals surface area contributed by atoms with Crippen molar-refractivity contribution in [1.82, 2.24) is 10.4 Å². The van der Waals surface area contributed by atoms with Gasteiger partial charge in [-0.3, -0.25) is 5.43 Å². The molecule has 7 heteroatoms. The second kappa shape index (κ2) is 7.76. The molecule has 0 bridgehead atoms. The van der Waals surface area contributed by atoms with E-state index in [-0.39, 0.29) is 12.0 Å². The number of anilines is 2. The van der Waals surface area contributed by atoms with E-state index < -0.39 is 0 Å². The van der Waals surface area contributed by atoms with Gasteiger partial charge in [0.25, 0.3) is 0 Å². The summed E-state index contributed by atoms with van der Waals surface area (Å²) in [6.07, 6.45) is 0.662. The first-order valence-corrected chi connectivity index (χ1v) is 10.6. The van der Waals surface area contributed by atoms with Gasteiger partial charge in [-0.1, -0.05) is 60.7 Å². The van der Waals surface area contributed by atoms with Crippen molar-refractivity contribution in [3.05, 3.63) is 90.2 Å². The van der Waals surface area contributed by atoms with Crippen LogP contribution in [0.4, 0.5) is 15.2 Å². The van der Waals surface area contributed by atoms with Gasteiger partial charge in [-0.2, -0.15) is 5.10 Å². The lowest BCUT2D eigenvalue weighted by Gasteiger charge is -2.42. The number of aromatic nitrogens is 1. The van der Waals surface area contributed by atoms with Gasteiger partial charge in [0.05, 0.1) is 15.9 Å². The van der Waals surface area contributed by atoms with Crippen molar-refractivity contribution in [1.29, 1.82) is 0 Å². The summed E-state index contributed by atoms with van der Waals surface area (Å²) in [5.41, 5.74) is 6.23. The number of thiazole rings is 1. The van der Waals surface area contributed by atoms with Crippen LogP contribution in [0.15, 0.2) is 84.0 Å². The maximum Gasteiger partial charge on any atom is 0.207 e. The number of benzene rings is 3. The molecule has 1 N–H and O–H groups in total. The Morgan fingerprint density at radius 1 is 0.967 bits per heavy atom. The Morgan fingerprint density at radius 2 is 1.70 bits per heavy atom. The molecule has 3 aromatic carbocycles. The third kappa shape index (κ3) is 3.37. The van der Waals surface area contributed by atoms with Crippen molar-refractivity contribution in [2.75, 3.05) is 10.0 Å². The Balaban J connectivity index is 1.63. The standard InChI is InChI=1S/C23H20FN5S/c1-2-21-28(18-14-12-17(24)13-15-18)26-22(16-8-4-3-5-9-16)27-29(21)23-25-19-10-6-7-11-20(19)30-23/h3-15,21H,2H2,1H3,(H,26,27). The summed E-state index contributed by atoms with van der Waals surface area (Å²) in [6.45, 7) is 2.10. The number of fused-ring (bicyclic) bond motifs is 1. The Morgan fingerprint density at radius 3 is 2.43 bits per heavy atom. The summed E-state index contributed by atoms with van der Waals surface area (Å²) >= 11 is 1.63. The molecule has 0 saturated heterocycles. The Hall–Kier alpha value is -3.45. The van der Waals surface area contributed by atoms with Gasteiger partial charge in [0, 0.05) is 5.56 Å². The first kappa shape index (κ1) is 18.6. The van der Waals surface area contributed by atoms with Gasteiger partial charge in [-0.25, -0.2) is 19.4 Å². The monoisotopic (exact) mass is 417 g/mol. The number of hydrogen-bond acceptors (Lipinski definition) is 6. The van der Waals surface area contributed by atoms with Crippen LogP contribution < -0.4 is 15.4 Å². The van der Waals surface area contributed by atoms with Crippen LogP contribution >= 0.6 is 11.3 Å². The molecule has 1 atom stereocenters. The smallest absolute Gasteiger partial charge is 0.207 e. The number of para-hydroxylation sites is 1. The van der Waals surface area contributed by atoms with Crippen molar-refractivity contribution in [2.45, 2.75) is 19.5 Å². The molecule has 0 fully saturated rings. The summed E-state index contributed by atoms with van der Waals surface area (Å²) in [4.78, 5) is 4.85. The minimum absolute atomic E-state index is 0.122. The molecule has 1 aliphatic heterocycles. The predicted molar refractivity (Wildman–Crippen MR) is 121 cm³/mol. The van der Waals surface area contributed by atoms with Crippen molar-refractivity contribution in [2.24, 2.45) is 5.10 Å². The van der Waals surface area contributed by atoms with Crippen LogP contribution in [0, 0.1) is 5.82 Å². The van der Waals surface area contributed by atoms with Crippen LogP contribution in [0.2, 0.25) is 0 Å². The molecule has 1 aliphatic rings. The maximum absolute atomic E-state index is 13.5. The molecule has 0 aliphatic carbocycles. The lowest BCUT2D eigenvalue weighted by molar-refractivity contribution is 0.503. The largest absolute Gasteiger partial charge is 0.276 e. The normalized spacial score (nSPS) is 16.5. The number of hydrazone groups is 1. The number of rotatable bonds is 4. The van der Waals surface area contributed by atoms with Crippen LogP contribution in [-0.2, 0) is 0 Å². The summed E-state index contributed by atoms with van der Waals surface area (Å²) in [5, 5.41) is 9.74. The Kier molecular flexibility index (Phi) is 4.80. The number of hydrazine groups is 1. The molecule has 30 heavy (non-hydrogen) atoms. The number of halogens is 1. The fourth-order valence-corrected chi connectivity index (χ4v) is 4.50. The molecule has 1 unspecified atom stereocenters. The molecule has 4 aromatic rings. The molecule has 0 amide bonds. The van der Waals surface area contributed by atoms with Crippen LogP contribution in [0.1, 0.15) is 18.9 Å². The van der Waals surface area contributed by atoms with Crippen LogP contribution in [0.5, 0.6) is 0 Å². The van der Waals surface area contributed by atoms with E-state index in [1.807, 2.05) is 53.5 Å². The van der Waals surface area contributed by atoms with E-state index >= 15 is 0 Å². The highest BCUT2D eigenvalue weighted by Crippen LogP contribution is 2.33. The van der Waals surface area contributed by atoms with Crippen molar-refractivity contribution >= 4 is 38.2 Å². The van der Waals surface area contributed by atoms with Crippen molar-refractivity contribution in [3.8, 4) is 0 Å². The lowest BCUT2D eigenvalue weighted by atomic mass is 10.2. The molecular weight excluding hydrogens is 397 g/mol. The summed E-state index contributed by atoms with van der Waals surface area (Å²) in [6, 6.07) is 24.5. The average molecular weight is 418 g/mol. The Labute approximate surface area is 178 Å². The molecule has 150 valence electrons. The number of hydrogen-bond donors (Lipinski definition) is 1. The van der Waals surface area contributed by atoms with E-state index in [0.29, 0.717) is 5.84 Å². The average Bonchev–Trinajstić information content (AvgIpc) is 3.23. The van der Waals surface area contributed by atoms with Gasteiger partial charge in [0.1, 0.15) is 12.0 Å². The van der Waals surface area contributed by atoms with E-state index in [9.17, 15) is 4.39 Å². The minimum Gasteiger partial charge on any atom is -0.276 e. The molecule has 0 spiro atoms. The zero-order valence-corrected chi connectivity index (χ0v) is 17.2. The molecule has 5 rings (SSSR count). The molecule has 0 saturated carbocycles. The van der Waals surface area contributed by atoms with E-state index in [0.717, 1.165) is 33.0 Å². The zero-order chi connectivity index (χ0) is 20.5. The first-order valence-electron chi connectivity index (χ1n) is 9.83. The third-order valence-corrected chi connectivity index (χ3v) is 6.04. The van der Waals surface area contributed by atoms with Gasteiger partial charge in [-0.15, -0.1) is 0 Å². The number of amidine groups is 1. The van der Waals surface area contributed by atoms with Gasteiger partial charge in [0.15, 0.2) is 5.84 Å². The predicted octanol–water partition coefficient (Wildman–Crippen LogP) is 5.36. The van der Waals surface area contributed by atoms with E-state index in [1.54, 1.807) is 23.5 Å². The first-order chi connectivity index (χ1) is 14.7. The van der Waals surface area contributed by atoms with Crippen LogP contribution in [0.3, 0.4) is 0 Å². The van der Waals surface area contributed by atoms with Gasteiger partial charge in [-0.05, 0) is 42.8 Å². The number of nitrogens with zero attached hydrogens (tertiary/aromatic N) is 4. The minimum atomic E-state index is -0.266. The fraction of sp³-hybridized carbons (Fsp3) is 0.130. The quantitative estimate of drug-likeness (QED) is 0.485. The van der Waals surface area contributed by atoms with E-state index in [4.69, 9.17) is 10.1 Å². The summed E-state index contributed by atoms with van der Waals surface area (Å²) < 4.78 is 14.7. The molecule has 1 aromatic heterocycles. The molecule has 5 nitrogen and oxygen atoms in total. The van der Waals surface area contributed by atoms with E-state index in [1.165, 1.54) is 12.1 Å². The van der Waals surface area contributed by atoms with Gasteiger partial charge in [0.2, 0.25) is 5.13 Å². The highest BCUT2D eigenvalue weighted by atomic mass is 32.1. The molecule has 2 heterocycles. The topological polar surface area (TPSA) is 43.8 Å². The highest BCUT2D eigenvalue weighted by Gasteiger charge is 2.32. The molecular formula is C23H20FN5S. The Bertz CT molecular complexity index is 1160. The van der Waals surface area contributed by atoms with Crippen molar-refractivity contribution < 1.29 is 4.39 Å². The molecule has 0 radical (unpaired) electrons. The van der Waals surface area contributed by atoms with Gasteiger partial charge >= 0.3 is 0 Å².